The Kier molecular flexibility index (Phi) is 1.31. The highest BCUT2D eigenvalue weighted by molar-refractivity contribution is 5.81. The van der Waals surface area contributed by atoms with E-state index in [1.165, 1.54) is 0 Å². The lowest BCUT2D eigenvalue weighted by Gasteiger charge is -2.20. The van der Waals surface area contributed by atoms with E-state index >= 15 is 0 Å². The summed E-state index contributed by atoms with van der Waals surface area (Å²) in [6.45, 7) is 0. The van der Waals surface area contributed by atoms with Crippen LogP contribution in [0.2, 0.25) is 0 Å². The lowest BCUT2D eigenvalue weighted by atomic mass is 10.2. The molecule has 0 aromatic rings. The van der Waals surface area contributed by atoms with E-state index in [1.807, 2.05) is 0 Å². The molecule has 0 bridgehead atoms. The summed E-state index contributed by atoms with van der Waals surface area (Å²) in [7, 11) is 0. The summed E-state index contributed by atoms with van der Waals surface area (Å²) in [4.78, 5) is 22.3. The third-order valence-electron chi connectivity index (χ3n) is 2.61. The molecule has 1 saturated heterocycles. The maximum Gasteiger partial charge on any atom is 0.408 e. The molecule has 1 saturated carbocycles. The second-order valence-corrected chi connectivity index (χ2v) is 3.34. The van der Waals surface area contributed by atoms with Crippen LogP contribution in [-0.4, -0.2) is 39.3 Å². The number of nitrogens with zero attached hydrogens (tertiary/aromatic N) is 1. The SMILES string of the molecule is O=C(O)C1CC2CC2N1C(=O)O. The minimum Gasteiger partial charge on any atom is -0.480 e. The lowest BCUT2D eigenvalue weighted by molar-refractivity contribution is -0.142. The number of carboxylic acids is 1. The van der Waals surface area contributed by atoms with Crippen molar-refractivity contribution in [3.05, 3.63) is 0 Å². The van der Waals surface area contributed by atoms with E-state index in [2.05, 4.69) is 0 Å². The van der Waals surface area contributed by atoms with E-state index in [0.717, 1.165) is 11.3 Å². The minimum atomic E-state index is -1.10. The van der Waals surface area contributed by atoms with Crippen molar-refractivity contribution in [1.29, 1.82) is 0 Å². The Morgan fingerprint density at radius 2 is 1.92 bits per heavy atom. The topological polar surface area (TPSA) is 77.8 Å². The van der Waals surface area contributed by atoms with Crippen LogP contribution in [0.1, 0.15) is 12.8 Å². The standard InChI is InChI=1S/C7H9NO4/c9-6(10)5-2-3-1-4(3)8(5)7(11)12/h3-5H,1-2H2,(H,9,10)(H,11,12). The Morgan fingerprint density at radius 1 is 1.25 bits per heavy atom. The Balaban J connectivity index is 2.16. The van der Waals surface area contributed by atoms with E-state index in [9.17, 15) is 9.59 Å². The molecule has 3 unspecified atom stereocenters. The van der Waals surface area contributed by atoms with Crippen LogP contribution in [0, 0.1) is 5.92 Å². The molecule has 66 valence electrons. The fraction of sp³-hybridized carbons (Fsp3) is 0.714. The molecule has 5 nitrogen and oxygen atoms in total. The Morgan fingerprint density at radius 3 is 2.33 bits per heavy atom. The van der Waals surface area contributed by atoms with E-state index in [1.54, 1.807) is 0 Å². The molecule has 0 aromatic carbocycles. The molecular formula is C7H9NO4. The van der Waals surface area contributed by atoms with Gasteiger partial charge in [-0.25, -0.2) is 9.59 Å². The number of carboxylic acid groups (broad SMARTS) is 2. The summed E-state index contributed by atoms with van der Waals surface area (Å²) in [5.74, 6) is -0.716. The van der Waals surface area contributed by atoms with Crippen molar-refractivity contribution in [3.8, 4) is 0 Å². The zero-order valence-corrected chi connectivity index (χ0v) is 6.30. The monoisotopic (exact) mass is 171 g/mol. The van der Waals surface area contributed by atoms with Gasteiger partial charge < -0.3 is 10.2 Å². The van der Waals surface area contributed by atoms with Gasteiger partial charge in [0.2, 0.25) is 0 Å². The number of amides is 1. The second kappa shape index (κ2) is 2.12. The highest BCUT2D eigenvalue weighted by Crippen LogP contribution is 2.47. The van der Waals surface area contributed by atoms with Gasteiger partial charge in [0.1, 0.15) is 6.04 Å². The number of aliphatic carboxylic acids is 1. The van der Waals surface area contributed by atoms with Gasteiger partial charge in [0.05, 0.1) is 0 Å². The van der Waals surface area contributed by atoms with Crippen LogP contribution in [0.4, 0.5) is 4.79 Å². The first-order chi connectivity index (χ1) is 5.61. The van der Waals surface area contributed by atoms with Gasteiger partial charge in [0.25, 0.3) is 0 Å². The molecule has 0 radical (unpaired) electrons. The van der Waals surface area contributed by atoms with Crippen LogP contribution in [0.5, 0.6) is 0 Å². The van der Waals surface area contributed by atoms with Gasteiger partial charge in [-0.05, 0) is 18.8 Å². The fourth-order valence-electron chi connectivity index (χ4n) is 1.95. The summed E-state index contributed by atoms with van der Waals surface area (Å²) in [5, 5.41) is 17.4. The lowest BCUT2D eigenvalue weighted by Crippen LogP contribution is -2.42. The molecule has 1 aliphatic heterocycles. The van der Waals surface area contributed by atoms with Crippen molar-refractivity contribution < 1.29 is 19.8 Å². The number of fused-ring (bicyclic) bond motifs is 1. The number of likely N-dealkylation sites (tertiary alicyclic amines) is 1. The third-order valence-corrected chi connectivity index (χ3v) is 2.61. The summed E-state index contributed by atoms with van der Waals surface area (Å²) in [6, 6.07) is -0.810. The zero-order valence-electron chi connectivity index (χ0n) is 6.30. The number of piperidine rings is 1. The maximum atomic E-state index is 10.6. The minimum absolute atomic E-state index is 0.0106. The molecule has 1 heterocycles. The number of carbonyl (C=O) groups is 2. The molecule has 0 aromatic heterocycles. The van der Waals surface area contributed by atoms with Crippen molar-refractivity contribution in [2.45, 2.75) is 24.9 Å². The zero-order chi connectivity index (χ0) is 8.88. The van der Waals surface area contributed by atoms with Crippen LogP contribution in [0.25, 0.3) is 0 Å². The second-order valence-electron chi connectivity index (χ2n) is 3.34. The predicted molar refractivity (Wildman–Crippen MR) is 37.8 cm³/mol. The first-order valence-corrected chi connectivity index (χ1v) is 3.85. The molecular weight excluding hydrogens is 162 g/mol. The molecule has 1 aliphatic carbocycles. The molecule has 3 atom stereocenters. The van der Waals surface area contributed by atoms with Crippen LogP contribution in [0.15, 0.2) is 0 Å². The third kappa shape index (κ3) is 0.855. The molecule has 2 aliphatic rings. The summed E-state index contributed by atoms with van der Waals surface area (Å²) in [6.07, 6.45) is 0.231. The normalized spacial score (nSPS) is 37.7. The Labute approximate surface area is 68.6 Å². The van der Waals surface area contributed by atoms with E-state index in [0.29, 0.717) is 12.3 Å². The number of hydrogen-bond acceptors (Lipinski definition) is 2. The Hall–Kier alpha value is -1.26. The van der Waals surface area contributed by atoms with Gasteiger partial charge in [-0.1, -0.05) is 0 Å². The van der Waals surface area contributed by atoms with Crippen LogP contribution in [-0.2, 0) is 4.79 Å². The van der Waals surface area contributed by atoms with E-state index < -0.39 is 18.1 Å². The quantitative estimate of drug-likeness (QED) is 0.591. The van der Waals surface area contributed by atoms with Gasteiger partial charge in [-0.2, -0.15) is 0 Å². The maximum absolute atomic E-state index is 10.6. The first kappa shape index (κ1) is 7.39. The molecule has 2 fully saturated rings. The van der Waals surface area contributed by atoms with E-state index in [-0.39, 0.29) is 6.04 Å². The predicted octanol–water partition coefficient (Wildman–Crippen LogP) is 0.212. The molecule has 5 heteroatoms. The number of rotatable bonds is 1. The van der Waals surface area contributed by atoms with Gasteiger partial charge in [-0.15, -0.1) is 0 Å². The summed E-state index contributed by atoms with van der Waals surface area (Å²) < 4.78 is 0. The average Bonchev–Trinajstić information content (AvgIpc) is 2.60. The van der Waals surface area contributed by atoms with Crippen LogP contribution in [0.3, 0.4) is 0 Å². The average molecular weight is 171 g/mol. The first-order valence-electron chi connectivity index (χ1n) is 3.85. The molecule has 2 rings (SSSR count). The van der Waals surface area contributed by atoms with E-state index in [4.69, 9.17) is 10.2 Å². The van der Waals surface area contributed by atoms with Gasteiger partial charge in [0, 0.05) is 6.04 Å². The molecule has 1 amide bonds. The molecule has 2 N–H and O–H groups in total. The van der Waals surface area contributed by atoms with Crippen molar-refractivity contribution in [3.63, 3.8) is 0 Å². The molecule has 0 spiro atoms. The molecule has 12 heavy (non-hydrogen) atoms. The van der Waals surface area contributed by atoms with Gasteiger partial charge in [-0.3, -0.25) is 4.90 Å². The summed E-state index contributed by atoms with van der Waals surface area (Å²) in [5.41, 5.74) is 0. The van der Waals surface area contributed by atoms with Crippen molar-refractivity contribution in [1.82, 2.24) is 4.90 Å². The van der Waals surface area contributed by atoms with Crippen molar-refractivity contribution in [2.75, 3.05) is 0 Å². The van der Waals surface area contributed by atoms with Gasteiger partial charge in [0.15, 0.2) is 0 Å². The summed E-state index contributed by atoms with van der Waals surface area (Å²) >= 11 is 0. The van der Waals surface area contributed by atoms with Crippen LogP contribution >= 0.6 is 0 Å². The highest BCUT2D eigenvalue weighted by atomic mass is 16.4. The van der Waals surface area contributed by atoms with Crippen molar-refractivity contribution >= 4 is 12.1 Å². The Bertz CT molecular complexity index is 252. The van der Waals surface area contributed by atoms with Crippen molar-refractivity contribution in [2.24, 2.45) is 5.92 Å². The smallest absolute Gasteiger partial charge is 0.408 e. The number of hydrogen-bond donors (Lipinski definition) is 2. The van der Waals surface area contributed by atoms with Crippen LogP contribution < -0.4 is 0 Å². The highest BCUT2D eigenvalue weighted by Gasteiger charge is 2.56. The fourth-order valence-corrected chi connectivity index (χ4v) is 1.95. The largest absolute Gasteiger partial charge is 0.480 e. The van der Waals surface area contributed by atoms with Gasteiger partial charge >= 0.3 is 12.1 Å².